The molecule has 1 N–H and O–H groups in total. The van der Waals surface area contributed by atoms with Crippen LogP contribution in [0, 0.1) is 6.92 Å². The lowest BCUT2D eigenvalue weighted by molar-refractivity contribution is -0.142. The van der Waals surface area contributed by atoms with Crippen molar-refractivity contribution in [3.8, 4) is 34.1 Å². The van der Waals surface area contributed by atoms with Gasteiger partial charge in [0.25, 0.3) is 0 Å². The van der Waals surface area contributed by atoms with Crippen LogP contribution in [0.3, 0.4) is 0 Å². The topological polar surface area (TPSA) is 91.3 Å². The molecule has 4 aromatic rings. The Labute approximate surface area is 239 Å². The average molecular weight is 553 g/mol. The molecule has 0 bridgehead atoms. The number of rotatable bonds is 12. The number of hydrogen-bond donors (Lipinski definition) is 1. The van der Waals surface area contributed by atoms with Gasteiger partial charge in [-0.3, -0.25) is 4.79 Å². The normalized spacial score (nSPS) is 11.3. The Morgan fingerprint density at radius 1 is 0.780 bits per heavy atom. The van der Waals surface area contributed by atoms with Gasteiger partial charge in [-0.25, -0.2) is 4.79 Å². The van der Waals surface area contributed by atoms with Gasteiger partial charge in [-0.15, -0.1) is 0 Å². The third-order valence-electron chi connectivity index (χ3n) is 6.21. The molecule has 0 aliphatic rings. The van der Waals surface area contributed by atoms with Gasteiger partial charge in [-0.2, -0.15) is 0 Å². The van der Waals surface area contributed by atoms with Gasteiger partial charge in [0.05, 0.1) is 7.11 Å². The van der Waals surface area contributed by atoms with Crippen LogP contribution in [0.5, 0.6) is 23.0 Å². The van der Waals surface area contributed by atoms with Gasteiger partial charge >= 0.3 is 5.97 Å². The van der Waals surface area contributed by atoms with Gasteiger partial charge in [-0.1, -0.05) is 54.6 Å². The standard InChI is InChI=1S/C34H32O7/c1-22(2)34(37)40-21-28(35)20-39-32-19-27(24-9-14-29(38-4)15-10-24)13-18-31(32)41-30-16-11-26(12-17-30)33(36)25-7-5-23(3)6-8-25/h5-19,28,35H,1,20-21H2,2-4H3. The van der Waals surface area contributed by atoms with Crippen molar-refractivity contribution in [3.63, 3.8) is 0 Å². The SMILES string of the molecule is C=C(C)C(=O)OCC(O)COc1cc(-c2ccc(OC)cc2)ccc1Oc1ccc(C(=O)c2ccc(C)cc2)cc1. The summed E-state index contributed by atoms with van der Waals surface area (Å²) in [5, 5.41) is 10.3. The number of methoxy groups -OCH3 is 1. The Balaban J connectivity index is 1.53. The van der Waals surface area contributed by atoms with E-state index in [0.29, 0.717) is 28.4 Å². The largest absolute Gasteiger partial charge is 0.497 e. The monoisotopic (exact) mass is 552 g/mol. The molecule has 0 fully saturated rings. The molecule has 0 radical (unpaired) electrons. The molecule has 7 heteroatoms. The van der Waals surface area contributed by atoms with E-state index in [1.807, 2.05) is 61.5 Å². The van der Waals surface area contributed by atoms with Crippen LogP contribution in [0.4, 0.5) is 0 Å². The van der Waals surface area contributed by atoms with Gasteiger partial charge < -0.3 is 24.1 Å². The summed E-state index contributed by atoms with van der Waals surface area (Å²) in [5.41, 5.74) is 4.27. The van der Waals surface area contributed by atoms with Crippen molar-refractivity contribution < 1.29 is 33.6 Å². The van der Waals surface area contributed by atoms with E-state index >= 15 is 0 Å². The first-order valence-electron chi connectivity index (χ1n) is 13.0. The molecule has 0 saturated carbocycles. The number of benzene rings is 4. The number of hydrogen-bond acceptors (Lipinski definition) is 7. The van der Waals surface area contributed by atoms with E-state index in [2.05, 4.69) is 6.58 Å². The minimum absolute atomic E-state index is 0.0780. The van der Waals surface area contributed by atoms with E-state index in [1.165, 1.54) is 6.92 Å². The third-order valence-corrected chi connectivity index (χ3v) is 6.21. The summed E-state index contributed by atoms with van der Waals surface area (Å²) in [4.78, 5) is 24.5. The minimum Gasteiger partial charge on any atom is -0.497 e. The first-order valence-corrected chi connectivity index (χ1v) is 13.0. The summed E-state index contributed by atoms with van der Waals surface area (Å²) in [6.45, 7) is 6.65. The van der Waals surface area contributed by atoms with Gasteiger partial charge in [0, 0.05) is 16.7 Å². The highest BCUT2D eigenvalue weighted by Gasteiger charge is 2.15. The zero-order chi connectivity index (χ0) is 29.4. The molecule has 7 nitrogen and oxygen atoms in total. The lowest BCUT2D eigenvalue weighted by Crippen LogP contribution is -2.25. The van der Waals surface area contributed by atoms with Crippen molar-refractivity contribution in [1.29, 1.82) is 0 Å². The van der Waals surface area contributed by atoms with Gasteiger partial charge in [0.2, 0.25) is 0 Å². The molecular formula is C34H32O7. The van der Waals surface area contributed by atoms with Crippen molar-refractivity contribution in [2.24, 2.45) is 0 Å². The highest BCUT2D eigenvalue weighted by atomic mass is 16.6. The maximum Gasteiger partial charge on any atom is 0.333 e. The quantitative estimate of drug-likeness (QED) is 0.121. The molecule has 0 heterocycles. The number of ether oxygens (including phenoxy) is 4. The molecule has 0 aliphatic heterocycles. The number of ketones is 1. The second-order valence-electron chi connectivity index (χ2n) is 9.56. The Bertz CT molecular complexity index is 1500. The molecule has 4 rings (SSSR count). The van der Waals surface area contributed by atoms with Crippen LogP contribution < -0.4 is 14.2 Å². The van der Waals surface area contributed by atoms with E-state index in [0.717, 1.165) is 22.4 Å². The second-order valence-corrected chi connectivity index (χ2v) is 9.56. The molecule has 0 saturated heterocycles. The summed E-state index contributed by atoms with van der Waals surface area (Å²) in [6.07, 6.45) is -1.07. The molecule has 41 heavy (non-hydrogen) atoms. The maximum absolute atomic E-state index is 12.8. The lowest BCUT2D eigenvalue weighted by Gasteiger charge is -2.17. The first-order chi connectivity index (χ1) is 19.7. The highest BCUT2D eigenvalue weighted by molar-refractivity contribution is 6.09. The number of aliphatic hydroxyl groups excluding tert-OH is 1. The molecule has 0 spiro atoms. The predicted octanol–water partition coefficient (Wildman–Crippen LogP) is 6.55. The van der Waals surface area contributed by atoms with Gasteiger partial charge in [0.1, 0.15) is 30.8 Å². The summed E-state index contributed by atoms with van der Waals surface area (Å²) >= 11 is 0. The molecule has 4 aromatic carbocycles. The van der Waals surface area contributed by atoms with Gasteiger partial charge in [-0.05, 0) is 73.5 Å². The second kappa shape index (κ2) is 13.5. The van der Waals surface area contributed by atoms with Gasteiger partial charge in [0.15, 0.2) is 17.3 Å². The fraction of sp³-hybridized carbons (Fsp3) is 0.176. The van der Waals surface area contributed by atoms with Crippen LogP contribution in [-0.2, 0) is 9.53 Å². The zero-order valence-electron chi connectivity index (χ0n) is 23.3. The molecule has 0 aliphatic carbocycles. The molecular weight excluding hydrogens is 520 g/mol. The summed E-state index contributed by atoms with van der Waals surface area (Å²) < 4.78 is 22.3. The van der Waals surface area contributed by atoms with Crippen LogP contribution in [0.25, 0.3) is 11.1 Å². The third kappa shape index (κ3) is 7.84. The van der Waals surface area contributed by atoms with E-state index < -0.39 is 12.1 Å². The molecule has 0 amide bonds. The number of carbonyl (C=O) groups excluding carboxylic acids is 2. The maximum atomic E-state index is 12.8. The Hall–Kier alpha value is -4.88. The summed E-state index contributed by atoms with van der Waals surface area (Å²) in [7, 11) is 1.61. The number of esters is 1. The number of aliphatic hydroxyl groups is 1. The first kappa shape index (κ1) is 29.1. The van der Waals surface area contributed by atoms with Crippen LogP contribution in [0.2, 0.25) is 0 Å². The van der Waals surface area contributed by atoms with Crippen LogP contribution in [0.1, 0.15) is 28.4 Å². The van der Waals surface area contributed by atoms with Crippen LogP contribution in [0.15, 0.2) is 103 Å². The van der Waals surface area contributed by atoms with Crippen molar-refractivity contribution in [2.45, 2.75) is 20.0 Å². The van der Waals surface area contributed by atoms with Crippen molar-refractivity contribution in [3.05, 3.63) is 120 Å². The lowest BCUT2D eigenvalue weighted by atomic mass is 10.0. The Morgan fingerprint density at radius 3 is 1.98 bits per heavy atom. The summed E-state index contributed by atoms with van der Waals surface area (Å²) in [6, 6.07) is 27.3. The average Bonchev–Trinajstić information content (AvgIpc) is 2.99. The van der Waals surface area contributed by atoms with E-state index in [1.54, 1.807) is 43.5 Å². The molecule has 210 valence electrons. The van der Waals surface area contributed by atoms with Crippen molar-refractivity contribution in [1.82, 2.24) is 0 Å². The Morgan fingerprint density at radius 2 is 1.37 bits per heavy atom. The zero-order valence-corrected chi connectivity index (χ0v) is 23.3. The van der Waals surface area contributed by atoms with E-state index in [9.17, 15) is 14.7 Å². The minimum atomic E-state index is -1.07. The molecule has 1 atom stereocenters. The smallest absolute Gasteiger partial charge is 0.333 e. The Kier molecular flexibility index (Phi) is 9.55. The fourth-order valence-electron chi connectivity index (χ4n) is 3.87. The number of aryl methyl sites for hydroxylation is 1. The van der Waals surface area contributed by atoms with E-state index in [-0.39, 0.29) is 24.6 Å². The van der Waals surface area contributed by atoms with E-state index in [4.69, 9.17) is 18.9 Å². The van der Waals surface area contributed by atoms with Crippen LogP contribution >= 0.6 is 0 Å². The molecule has 1 unspecified atom stereocenters. The van der Waals surface area contributed by atoms with Crippen molar-refractivity contribution in [2.75, 3.05) is 20.3 Å². The van der Waals surface area contributed by atoms with Crippen LogP contribution in [-0.4, -0.2) is 43.3 Å². The predicted molar refractivity (Wildman–Crippen MR) is 157 cm³/mol. The number of carbonyl (C=O) groups is 2. The molecule has 0 aromatic heterocycles. The highest BCUT2D eigenvalue weighted by Crippen LogP contribution is 2.36. The summed E-state index contributed by atoms with van der Waals surface area (Å²) in [5.74, 6) is 1.37. The van der Waals surface area contributed by atoms with Crippen molar-refractivity contribution >= 4 is 11.8 Å². The fourth-order valence-corrected chi connectivity index (χ4v) is 3.87.